The fourth-order valence-corrected chi connectivity index (χ4v) is 2.76. The Kier molecular flexibility index (Phi) is 6.57. The van der Waals surface area contributed by atoms with Gasteiger partial charge in [0.25, 0.3) is 10.1 Å². The lowest BCUT2D eigenvalue weighted by molar-refractivity contribution is -0.0497. The van der Waals surface area contributed by atoms with Crippen molar-refractivity contribution in [2.75, 3.05) is 40.6 Å². The van der Waals surface area contributed by atoms with Crippen LogP contribution in [0.25, 0.3) is 0 Å². The molecule has 1 aromatic carbocycles. The fraction of sp³-hybridized carbons (Fsp3) is 0.538. The van der Waals surface area contributed by atoms with Crippen LogP contribution in [-0.4, -0.2) is 54.2 Å². The maximum absolute atomic E-state index is 12.0. The Labute approximate surface area is 119 Å². The van der Waals surface area contributed by atoms with Gasteiger partial charge in [0.05, 0.1) is 36.7 Å². The molecule has 0 fully saturated rings. The molecule has 0 saturated carbocycles. The maximum Gasteiger partial charge on any atom is 0.296 e. The first-order valence-electron chi connectivity index (χ1n) is 6.03. The first-order valence-corrected chi connectivity index (χ1v) is 7.44. The molecule has 0 aliphatic carbocycles. The van der Waals surface area contributed by atoms with Crippen LogP contribution in [0, 0.1) is 5.41 Å². The minimum absolute atomic E-state index is 0.0710. The Morgan fingerprint density at radius 2 is 1.60 bits per heavy atom. The van der Waals surface area contributed by atoms with Gasteiger partial charge in [-0.05, 0) is 12.1 Å². The SMILES string of the molecule is COCC(CO)(COC)COS(=O)(=O)c1ccccc1. The number of hydrogen-bond acceptors (Lipinski definition) is 6. The van der Waals surface area contributed by atoms with E-state index >= 15 is 0 Å². The highest BCUT2D eigenvalue weighted by Gasteiger charge is 2.33. The van der Waals surface area contributed by atoms with E-state index in [-0.39, 0.29) is 31.3 Å². The minimum atomic E-state index is -3.86. The lowest BCUT2D eigenvalue weighted by Gasteiger charge is -2.29. The summed E-state index contributed by atoms with van der Waals surface area (Å²) in [6.45, 7) is -0.273. The molecule has 0 atom stereocenters. The summed E-state index contributed by atoms with van der Waals surface area (Å²) in [6.07, 6.45) is 0. The largest absolute Gasteiger partial charge is 0.396 e. The highest BCUT2D eigenvalue weighted by molar-refractivity contribution is 7.86. The molecule has 0 aliphatic rings. The monoisotopic (exact) mass is 304 g/mol. The van der Waals surface area contributed by atoms with E-state index in [1.165, 1.54) is 26.4 Å². The van der Waals surface area contributed by atoms with E-state index in [4.69, 9.17) is 13.7 Å². The van der Waals surface area contributed by atoms with Gasteiger partial charge in [0.15, 0.2) is 0 Å². The predicted molar refractivity (Wildman–Crippen MR) is 72.9 cm³/mol. The first kappa shape index (κ1) is 17.1. The highest BCUT2D eigenvalue weighted by atomic mass is 32.2. The number of methoxy groups -OCH3 is 2. The predicted octanol–water partition coefficient (Wildman–Crippen LogP) is 0.663. The van der Waals surface area contributed by atoms with Crippen molar-refractivity contribution in [3.63, 3.8) is 0 Å². The summed E-state index contributed by atoms with van der Waals surface area (Å²) in [5.74, 6) is 0. The van der Waals surface area contributed by atoms with Crippen molar-refractivity contribution in [1.29, 1.82) is 0 Å². The Morgan fingerprint density at radius 3 is 2.05 bits per heavy atom. The number of aliphatic hydroxyl groups excluding tert-OH is 1. The van der Waals surface area contributed by atoms with E-state index in [1.54, 1.807) is 18.2 Å². The van der Waals surface area contributed by atoms with E-state index < -0.39 is 15.5 Å². The van der Waals surface area contributed by atoms with Gasteiger partial charge in [-0.3, -0.25) is 4.18 Å². The highest BCUT2D eigenvalue weighted by Crippen LogP contribution is 2.21. The Bertz CT molecular complexity index is 479. The van der Waals surface area contributed by atoms with Gasteiger partial charge in [-0.1, -0.05) is 18.2 Å². The first-order chi connectivity index (χ1) is 9.49. The molecule has 0 radical (unpaired) electrons. The van der Waals surface area contributed by atoms with Crippen LogP contribution in [0.2, 0.25) is 0 Å². The van der Waals surface area contributed by atoms with Crippen LogP contribution in [0.4, 0.5) is 0 Å². The molecule has 0 bridgehead atoms. The van der Waals surface area contributed by atoms with E-state index in [0.717, 1.165) is 0 Å². The third-order valence-corrected chi connectivity index (χ3v) is 4.07. The average molecular weight is 304 g/mol. The Hall–Kier alpha value is -0.990. The van der Waals surface area contributed by atoms with Crippen LogP contribution in [0.1, 0.15) is 0 Å². The standard InChI is InChI=1S/C13H20O6S/c1-17-9-13(8-14,10-18-2)11-19-20(15,16)12-6-4-3-5-7-12/h3-7,14H,8-11H2,1-2H3. The molecule has 1 rings (SSSR count). The van der Waals surface area contributed by atoms with Crippen molar-refractivity contribution in [3.05, 3.63) is 30.3 Å². The summed E-state index contributed by atoms with van der Waals surface area (Å²) in [5, 5.41) is 9.47. The van der Waals surface area contributed by atoms with E-state index in [2.05, 4.69) is 0 Å². The van der Waals surface area contributed by atoms with E-state index in [1.807, 2.05) is 0 Å². The van der Waals surface area contributed by atoms with Gasteiger partial charge in [0.2, 0.25) is 0 Å². The molecule has 0 amide bonds. The molecule has 114 valence electrons. The van der Waals surface area contributed by atoms with Gasteiger partial charge >= 0.3 is 0 Å². The summed E-state index contributed by atoms with van der Waals surface area (Å²) < 4.78 is 39.1. The van der Waals surface area contributed by atoms with E-state index in [9.17, 15) is 13.5 Å². The lowest BCUT2D eigenvalue weighted by atomic mass is 9.92. The van der Waals surface area contributed by atoms with Gasteiger partial charge < -0.3 is 14.6 Å². The lowest BCUT2D eigenvalue weighted by Crippen LogP contribution is -2.40. The van der Waals surface area contributed by atoms with Crippen LogP contribution < -0.4 is 0 Å². The summed E-state index contributed by atoms with van der Waals surface area (Å²) >= 11 is 0. The van der Waals surface area contributed by atoms with Gasteiger partial charge in [-0.2, -0.15) is 8.42 Å². The zero-order chi connectivity index (χ0) is 15.1. The quantitative estimate of drug-likeness (QED) is 0.675. The summed E-state index contributed by atoms with van der Waals surface area (Å²) in [5.41, 5.74) is -0.911. The molecule has 1 aromatic rings. The molecular formula is C13H20O6S. The second kappa shape index (κ2) is 7.70. The number of aliphatic hydroxyl groups is 1. The summed E-state index contributed by atoms with van der Waals surface area (Å²) in [7, 11) is -0.934. The van der Waals surface area contributed by atoms with Crippen molar-refractivity contribution in [2.45, 2.75) is 4.90 Å². The number of ether oxygens (including phenoxy) is 2. The molecule has 20 heavy (non-hydrogen) atoms. The molecule has 0 aromatic heterocycles. The third kappa shape index (κ3) is 4.53. The molecule has 0 unspecified atom stereocenters. The molecule has 0 aliphatic heterocycles. The van der Waals surface area contributed by atoms with Crippen LogP contribution >= 0.6 is 0 Å². The van der Waals surface area contributed by atoms with Crippen LogP contribution in [0.15, 0.2) is 35.2 Å². The van der Waals surface area contributed by atoms with Crippen molar-refractivity contribution >= 4 is 10.1 Å². The maximum atomic E-state index is 12.0. The van der Waals surface area contributed by atoms with E-state index in [0.29, 0.717) is 0 Å². The van der Waals surface area contributed by atoms with Crippen molar-refractivity contribution in [3.8, 4) is 0 Å². The molecular weight excluding hydrogens is 284 g/mol. The summed E-state index contributed by atoms with van der Waals surface area (Å²) in [4.78, 5) is 0.0710. The van der Waals surface area contributed by atoms with Crippen LogP contribution in [0.3, 0.4) is 0 Å². The zero-order valence-corrected chi connectivity index (χ0v) is 12.4. The fourth-order valence-electron chi connectivity index (χ4n) is 1.73. The molecule has 7 heteroatoms. The second-order valence-electron chi connectivity index (χ2n) is 4.55. The smallest absolute Gasteiger partial charge is 0.296 e. The van der Waals surface area contributed by atoms with Gasteiger partial charge in [-0.15, -0.1) is 0 Å². The number of rotatable bonds is 9. The summed E-state index contributed by atoms with van der Waals surface area (Å²) in [6, 6.07) is 7.83. The zero-order valence-electron chi connectivity index (χ0n) is 11.6. The third-order valence-electron chi connectivity index (χ3n) is 2.79. The van der Waals surface area contributed by atoms with Gasteiger partial charge in [0.1, 0.15) is 0 Å². The topological polar surface area (TPSA) is 82.1 Å². The average Bonchev–Trinajstić information content (AvgIpc) is 2.46. The molecule has 0 heterocycles. The molecule has 1 N–H and O–H groups in total. The molecule has 0 spiro atoms. The van der Waals surface area contributed by atoms with Crippen molar-refractivity contribution in [1.82, 2.24) is 0 Å². The minimum Gasteiger partial charge on any atom is -0.396 e. The van der Waals surface area contributed by atoms with Gasteiger partial charge in [-0.25, -0.2) is 0 Å². The molecule has 0 saturated heterocycles. The van der Waals surface area contributed by atoms with Crippen molar-refractivity contribution in [2.24, 2.45) is 5.41 Å². The normalized spacial score (nSPS) is 12.6. The molecule has 6 nitrogen and oxygen atoms in total. The van der Waals surface area contributed by atoms with Crippen LogP contribution in [-0.2, 0) is 23.8 Å². The van der Waals surface area contributed by atoms with Crippen LogP contribution in [0.5, 0.6) is 0 Å². The number of hydrogen-bond donors (Lipinski definition) is 1. The number of benzene rings is 1. The van der Waals surface area contributed by atoms with Gasteiger partial charge in [0, 0.05) is 14.2 Å². The Morgan fingerprint density at radius 1 is 1.05 bits per heavy atom. The van der Waals surface area contributed by atoms with Crippen molar-refractivity contribution < 1.29 is 27.2 Å². The Balaban J connectivity index is 2.81. The second-order valence-corrected chi connectivity index (χ2v) is 6.17.